The molecular weight excluding hydrogens is 242 g/mol. The number of aliphatic hydroxyl groups excluding tert-OH is 1. The van der Waals surface area contributed by atoms with E-state index in [-0.39, 0.29) is 18.3 Å². The minimum absolute atomic E-state index is 0.00121. The van der Waals surface area contributed by atoms with E-state index in [0.717, 1.165) is 12.1 Å². The second-order valence-corrected chi connectivity index (χ2v) is 4.07. The Kier molecular flexibility index (Phi) is 5.03. The molecule has 0 heterocycles. The van der Waals surface area contributed by atoms with E-state index >= 15 is 0 Å². The van der Waals surface area contributed by atoms with Crippen LogP contribution in [0.25, 0.3) is 0 Å². The number of nitrogens with one attached hydrogen (secondary N) is 1. The van der Waals surface area contributed by atoms with Gasteiger partial charge in [-0.05, 0) is 31.9 Å². The summed E-state index contributed by atoms with van der Waals surface area (Å²) in [5, 5.41) is 11.1. The van der Waals surface area contributed by atoms with Crippen LogP contribution in [0.3, 0.4) is 0 Å². The molecule has 0 aromatic heterocycles. The molecule has 0 bridgehead atoms. The number of halogens is 2. The lowest BCUT2D eigenvalue weighted by Crippen LogP contribution is -2.34. The summed E-state index contributed by atoms with van der Waals surface area (Å²) < 4.78 is 26.9. The maximum Gasteiger partial charge on any atom is 0.257 e. The molecule has 4 nitrogen and oxygen atoms in total. The van der Waals surface area contributed by atoms with Crippen molar-refractivity contribution in [3.63, 3.8) is 0 Å². The average molecular weight is 258 g/mol. The lowest BCUT2D eigenvalue weighted by atomic mass is 10.1. The van der Waals surface area contributed by atoms with E-state index in [1.54, 1.807) is 6.92 Å². The third-order valence-corrected chi connectivity index (χ3v) is 2.52. The molecule has 0 aliphatic heterocycles. The van der Waals surface area contributed by atoms with Crippen LogP contribution in [0.4, 0.5) is 14.5 Å². The fraction of sp³-hybridized carbons (Fsp3) is 0.417. The van der Waals surface area contributed by atoms with Gasteiger partial charge < -0.3 is 16.2 Å². The number of rotatable bonds is 5. The van der Waals surface area contributed by atoms with Crippen molar-refractivity contribution in [2.45, 2.75) is 25.8 Å². The van der Waals surface area contributed by atoms with Gasteiger partial charge in [0.15, 0.2) is 5.82 Å². The van der Waals surface area contributed by atoms with Gasteiger partial charge in [-0.3, -0.25) is 4.79 Å². The Hall–Kier alpha value is -1.69. The Morgan fingerprint density at radius 2 is 2.17 bits per heavy atom. The molecule has 1 aromatic carbocycles. The molecule has 4 N–H and O–H groups in total. The molecule has 6 heteroatoms. The molecule has 0 fully saturated rings. The molecule has 1 rings (SSSR count). The Balaban J connectivity index is 2.81. The fourth-order valence-electron chi connectivity index (χ4n) is 1.54. The monoisotopic (exact) mass is 258 g/mol. The molecule has 1 amide bonds. The zero-order chi connectivity index (χ0) is 13.7. The first-order chi connectivity index (χ1) is 8.47. The molecule has 0 saturated carbocycles. The van der Waals surface area contributed by atoms with E-state index in [4.69, 9.17) is 10.8 Å². The smallest absolute Gasteiger partial charge is 0.257 e. The van der Waals surface area contributed by atoms with Crippen LogP contribution in [0.15, 0.2) is 12.1 Å². The van der Waals surface area contributed by atoms with Crippen molar-refractivity contribution in [2.75, 3.05) is 12.3 Å². The molecule has 0 saturated heterocycles. The van der Waals surface area contributed by atoms with Gasteiger partial charge in [-0.1, -0.05) is 0 Å². The third kappa shape index (κ3) is 3.40. The van der Waals surface area contributed by atoms with E-state index in [0.29, 0.717) is 12.8 Å². The topological polar surface area (TPSA) is 75.3 Å². The summed E-state index contributed by atoms with van der Waals surface area (Å²) in [6.45, 7) is 1.69. The summed E-state index contributed by atoms with van der Waals surface area (Å²) in [7, 11) is 0. The standard InChI is InChI=1S/C12H16F2N2O2/c1-7(3-2-6-17)16-12(18)10-8(13)4-5-9(15)11(10)14/h4-5,7,17H,2-3,6,15H2,1H3,(H,16,18). The number of benzene rings is 1. The Morgan fingerprint density at radius 3 is 2.78 bits per heavy atom. The van der Waals surface area contributed by atoms with Gasteiger partial charge in [-0.25, -0.2) is 8.78 Å². The lowest BCUT2D eigenvalue weighted by Gasteiger charge is -2.14. The van der Waals surface area contributed by atoms with Crippen LogP contribution in [-0.2, 0) is 0 Å². The number of nitrogen functional groups attached to an aromatic ring is 1. The number of amides is 1. The van der Waals surface area contributed by atoms with Gasteiger partial charge in [0, 0.05) is 12.6 Å². The average Bonchev–Trinajstić information content (AvgIpc) is 2.31. The molecule has 0 aliphatic rings. The number of hydrogen-bond donors (Lipinski definition) is 3. The van der Waals surface area contributed by atoms with E-state index in [1.807, 2.05) is 0 Å². The zero-order valence-electron chi connectivity index (χ0n) is 10.0. The summed E-state index contributed by atoms with van der Waals surface area (Å²) in [4.78, 5) is 11.7. The lowest BCUT2D eigenvalue weighted by molar-refractivity contribution is 0.0928. The summed E-state index contributed by atoms with van der Waals surface area (Å²) >= 11 is 0. The molecule has 0 radical (unpaired) electrons. The summed E-state index contributed by atoms with van der Waals surface area (Å²) in [6.07, 6.45) is 1.02. The predicted octanol–water partition coefficient (Wildman–Crippen LogP) is 1.44. The molecular formula is C12H16F2N2O2. The minimum atomic E-state index is -1.05. The first-order valence-electron chi connectivity index (χ1n) is 5.62. The van der Waals surface area contributed by atoms with Gasteiger partial charge in [-0.15, -0.1) is 0 Å². The molecule has 1 unspecified atom stereocenters. The summed E-state index contributed by atoms with van der Waals surface area (Å²) in [5.41, 5.74) is 4.33. The SMILES string of the molecule is CC(CCCO)NC(=O)c1c(F)ccc(N)c1F. The maximum atomic E-state index is 13.5. The van der Waals surface area contributed by atoms with Gasteiger partial charge in [-0.2, -0.15) is 0 Å². The van der Waals surface area contributed by atoms with Crippen molar-refractivity contribution in [1.82, 2.24) is 5.32 Å². The van der Waals surface area contributed by atoms with E-state index < -0.39 is 23.1 Å². The van der Waals surface area contributed by atoms with Crippen molar-refractivity contribution < 1.29 is 18.7 Å². The second-order valence-electron chi connectivity index (χ2n) is 4.07. The van der Waals surface area contributed by atoms with Crippen molar-refractivity contribution in [2.24, 2.45) is 0 Å². The first-order valence-corrected chi connectivity index (χ1v) is 5.62. The van der Waals surface area contributed by atoms with E-state index in [9.17, 15) is 13.6 Å². The van der Waals surface area contributed by atoms with Crippen LogP contribution >= 0.6 is 0 Å². The maximum absolute atomic E-state index is 13.5. The summed E-state index contributed by atoms with van der Waals surface area (Å²) in [5.74, 6) is -2.85. The van der Waals surface area contributed by atoms with Crippen molar-refractivity contribution >= 4 is 11.6 Å². The molecule has 100 valence electrons. The van der Waals surface area contributed by atoms with Crippen LogP contribution in [0.1, 0.15) is 30.1 Å². The molecule has 1 aromatic rings. The van der Waals surface area contributed by atoms with Crippen LogP contribution in [0.5, 0.6) is 0 Å². The van der Waals surface area contributed by atoms with Crippen molar-refractivity contribution in [1.29, 1.82) is 0 Å². The molecule has 1 atom stereocenters. The highest BCUT2D eigenvalue weighted by atomic mass is 19.1. The van der Waals surface area contributed by atoms with Gasteiger partial charge in [0.1, 0.15) is 11.4 Å². The van der Waals surface area contributed by atoms with Crippen molar-refractivity contribution in [3.8, 4) is 0 Å². The third-order valence-electron chi connectivity index (χ3n) is 2.52. The number of aliphatic hydroxyl groups is 1. The first kappa shape index (κ1) is 14.4. The molecule has 0 spiro atoms. The number of hydrogen-bond acceptors (Lipinski definition) is 3. The van der Waals surface area contributed by atoms with Gasteiger partial charge in [0.05, 0.1) is 5.69 Å². The number of anilines is 1. The number of carbonyl (C=O) groups is 1. The van der Waals surface area contributed by atoms with Crippen LogP contribution in [0.2, 0.25) is 0 Å². The quantitative estimate of drug-likeness (QED) is 0.699. The number of carbonyl (C=O) groups excluding carboxylic acids is 1. The van der Waals surface area contributed by atoms with Gasteiger partial charge in [0.2, 0.25) is 0 Å². The van der Waals surface area contributed by atoms with Gasteiger partial charge >= 0.3 is 0 Å². The highest BCUT2D eigenvalue weighted by Gasteiger charge is 2.20. The van der Waals surface area contributed by atoms with E-state index in [1.165, 1.54) is 0 Å². The minimum Gasteiger partial charge on any atom is -0.396 e. The van der Waals surface area contributed by atoms with E-state index in [2.05, 4.69) is 5.32 Å². The Labute approximate surface area is 104 Å². The van der Waals surface area contributed by atoms with Gasteiger partial charge in [0.25, 0.3) is 5.91 Å². The fourth-order valence-corrected chi connectivity index (χ4v) is 1.54. The highest BCUT2D eigenvalue weighted by Crippen LogP contribution is 2.18. The molecule has 0 aliphatic carbocycles. The number of nitrogens with two attached hydrogens (primary N) is 1. The van der Waals surface area contributed by atoms with Crippen molar-refractivity contribution in [3.05, 3.63) is 29.3 Å². The Morgan fingerprint density at radius 1 is 1.50 bits per heavy atom. The van der Waals surface area contributed by atoms with Crippen LogP contribution < -0.4 is 11.1 Å². The van der Waals surface area contributed by atoms with Crippen LogP contribution in [-0.4, -0.2) is 23.7 Å². The Bertz CT molecular complexity index is 438. The largest absolute Gasteiger partial charge is 0.396 e. The highest BCUT2D eigenvalue weighted by molar-refractivity contribution is 5.95. The molecule has 18 heavy (non-hydrogen) atoms. The predicted molar refractivity (Wildman–Crippen MR) is 64.0 cm³/mol. The zero-order valence-corrected chi connectivity index (χ0v) is 10.0. The normalized spacial score (nSPS) is 12.2. The summed E-state index contributed by atoms with van der Waals surface area (Å²) in [6, 6.07) is 1.73. The van der Waals surface area contributed by atoms with Crippen LogP contribution in [0, 0.1) is 11.6 Å². The second kappa shape index (κ2) is 6.30.